The number of hydrogen-bond acceptors (Lipinski definition) is 5. The fraction of sp³-hybridized carbons (Fsp3) is 0.368. The number of carboxylic acid groups (broad SMARTS) is 1. The van der Waals surface area contributed by atoms with Crippen molar-refractivity contribution in [2.45, 2.75) is 26.4 Å². The zero-order chi connectivity index (χ0) is 18.6. The Kier molecular flexibility index (Phi) is 5.98. The summed E-state index contributed by atoms with van der Waals surface area (Å²) in [5.74, 6) is 0.0243. The molecule has 2 aromatic rings. The van der Waals surface area contributed by atoms with Gasteiger partial charge in [-0.05, 0) is 55.8 Å². The largest absolute Gasteiger partial charge is 0.493 e. The Morgan fingerprint density at radius 2 is 2.00 bits per heavy atom. The van der Waals surface area contributed by atoms with Crippen LogP contribution in [0.15, 0.2) is 30.6 Å². The number of ether oxygens (including phenoxy) is 2. The summed E-state index contributed by atoms with van der Waals surface area (Å²) in [6, 6.07) is 4.69. The molecule has 0 aliphatic carbocycles. The summed E-state index contributed by atoms with van der Waals surface area (Å²) in [5.41, 5.74) is 3.53. The molecule has 0 spiro atoms. The minimum atomic E-state index is -0.944. The maximum Gasteiger partial charge on any atom is 0.325 e. The average Bonchev–Trinajstić information content (AvgIpc) is 2.56. The van der Waals surface area contributed by atoms with Crippen LogP contribution in [0.3, 0.4) is 0 Å². The molecule has 0 bridgehead atoms. The van der Waals surface area contributed by atoms with Crippen LogP contribution in [0.5, 0.6) is 11.5 Å². The van der Waals surface area contributed by atoms with Gasteiger partial charge < -0.3 is 14.6 Å². The van der Waals surface area contributed by atoms with Crippen LogP contribution in [-0.2, 0) is 11.3 Å². The van der Waals surface area contributed by atoms with E-state index in [0.717, 1.165) is 16.7 Å². The molecule has 2 rings (SSSR count). The molecular formula is C19H24N2O4. The molecule has 0 saturated heterocycles. The zero-order valence-corrected chi connectivity index (χ0v) is 15.2. The number of carboxylic acids is 1. The van der Waals surface area contributed by atoms with Crippen molar-refractivity contribution in [3.63, 3.8) is 0 Å². The van der Waals surface area contributed by atoms with Crippen LogP contribution in [0.1, 0.15) is 28.3 Å². The number of methoxy groups -OCH3 is 2. The molecule has 0 aliphatic rings. The maximum absolute atomic E-state index is 12.0. The number of carbonyl (C=O) groups is 1. The minimum absolute atomic E-state index is 0.443. The first-order valence-corrected chi connectivity index (χ1v) is 7.94. The zero-order valence-electron chi connectivity index (χ0n) is 15.2. The van der Waals surface area contributed by atoms with Crippen LogP contribution in [0.4, 0.5) is 0 Å². The van der Waals surface area contributed by atoms with Gasteiger partial charge in [-0.1, -0.05) is 0 Å². The third-order valence-electron chi connectivity index (χ3n) is 4.18. The number of aryl methyl sites for hydroxylation is 2. The fourth-order valence-corrected chi connectivity index (χ4v) is 2.94. The highest BCUT2D eigenvalue weighted by Crippen LogP contribution is 2.38. The van der Waals surface area contributed by atoms with Crippen LogP contribution >= 0.6 is 0 Å². The number of aliphatic carboxylic acids is 1. The summed E-state index contributed by atoms with van der Waals surface area (Å²) in [4.78, 5) is 17.9. The molecule has 6 nitrogen and oxygen atoms in total. The highest BCUT2D eigenvalue weighted by molar-refractivity contribution is 5.77. The van der Waals surface area contributed by atoms with E-state index in [-0.39, 0.29) is 0 Å². The van der Waals surface area contributed by atoms with Gasteiger partial charge in [-0.2, -0.15) is 0 Å². The van der Waals surface area contributed by atoms with Gasteiger partial charge in [-0.25, -0.2) is 0 Å². The summed E-state index contributed by atoms with van der Waals surface area (Å²) < 4.78 is 10.8. The molecule has 25 heavy (non-hydrogen) atoms. The first-order valence-electron chi connectivity index (χ1n) is 7.94. The van der Waals surface area contributed by atoms with E-state index in [1.807, 2.05) is 32.0 Å². The molecular weight excluding hydrogens is 320 g/mol. The molecule has 1 aromatic carbocycles. The first-order chi connectivity index (χ1) is 11.9. The number of hydrogen-bond donors (Lipinski definition) is 1. The lowest BCUT2D eigenvalue weighted by atomic mass is 10.00. The van der Waals surface area contributed by atoms with Crippen LogP contribution in [-0.4, -0.2) is 42.2 Å². The Labute approximate surface area is 148 Å². The van der Waals surface area contributed by atoms with E-state index in [1.54, 1.807) is 31.5 Å². The van der Waals surface area contributed by atoms with Crippen LogP contribution in [0.2, 0.25) is 0 Å². The molecule has 1 atom stereocenters. The van der Waals surface area contributed by atoms with Crippen LogP contribution in [0.25, 0.3) is 0 Å². The molecule has 0 fully saturated rings. The molecule has 6 heteroatoms. The van der Waals surface area contributed by atoms with Crippen LogP contribution < -0.4 is 9.47 Å². The van der Waals surface area contributed by atoms with Crippen molar-refractivity contribution < 1.29 is 19.4 Å². The lowest BCUT2D eigenvalue weighted by molar-refractivity contribution is -0.143. The van der Waals surface area contributed by atoms with E-state index in [4.69, 9.17) is 9.47 Å². The summed E-state index contributed by atoms with van der Waals surface area (Å²) >= 11 is 0. The van der Waals surface area contributed by atoms with Crippen molar-refractivity contribution in [3.05, 3.63) is 52.8 Å². The molecule has 1 aromatic heterocycles. The number of benzene rings is 1. The first kappa shape index (κ1) is 18.7. The van der Waals surface area contributed by atoms with E-state index >= 15 is 0 Å². The van der Waals surface area contributed by atoms with Gasteiger partial charge in [0.05, 0.1) is 14.2 Å². The third kappa shape index (κ3) is 4.09. The molecule has 1 heterocycles. The minimum Gasteiger partial charge on any atom is -0.493 e. The number of aromatic nitrogens is 1. The standard InChI is InChI=1S/C19H24N2O4/c1-12-8-15(18(25-5)16(9-12)24-4)17(19(22)23)21(3)11-14-6-7-20-10-13(14)2/h6-10,17H,11H2,1-5H3,(H,22,23)/t17-/m0/s1. The molecule has 0 aliphatic heterocycles. The van der Waals surface area contributed by atoms with Crippen molar-refractivity contribution >= 4 is 5.97 Å². The monoisotopic (exact) mass is 344 g/mol. The van der Waals surface area contributed by atoms with Gasteiger partial charge >= 0.3 is 5.97 Å². The lowest BCUT2D eigenvalue weighted by Crippen LogP contribution is -2.31. The van der Waals surface area contributed by atoms with E-state index in [9.17, 15) is 9.90 Å². The summed E-state index contributed by atoms with van der Waals surface area (Å²) in [7, 11) is 4.84. The van der Waals surface area contributed by atoms with Gasteiger partial charge in [-0.15, -0.1) is 0 Å². The second-order valence-corrected chi connectivity index (χ2v) is 6.05. The van der Waals surface area contributed by atoms with Gasteiger partial charge in [0, 0.05) is 24.5 Å². The number of pyridine rings is 1. The topological polar surface area (TPSA) is 71.9 Å². The highest BCUT2D eigenvalue weighted by atomic mass is 16.5. The van der Waals surface area contributed by atoms with Crippen molar-refractivity contribution in [2.24, 2.45) is 0 Å². The lowest BCUT2D eigenvalue weighted by Gasteiger charge is -2.27. The predicted octanol–water partition coefficient (Wildman–Crippen LogP) is 2.97. The summed E-state index contributed by atoms with van der Waals surface area (Å²) in [6.07, 6.45) is 3.48. The SMILES string of the molecule is COc1cc(C)cc([C@@H](C(=O)O)N(C)Cc2ccncc2C)c1OC. The number of nitrogens with zero attached hydrogens (tertiary/aromatic N) is 2. The van der Waals surface area contributed by atoms with Gasteiger partial charge in [0.1, 0.15) is 6.04 Å². The second kappa shape index (κ2) is 7.98. The van der Waals surface area contributed by atoms with Gasteiger partial charge in [-0.3, -0.25) is 14.7 Å². The van der Waals surface area contributed by atoms with Gasteiger partial charge in [0.2, 0.25) is 0 Å². The number of likely N-dealkylation sites (N-methyl/N-ethyl adjacent to an activating group) is 1. The van der Waals surface area contributed by atoms with E-state index in [1.165, 1.54) is 7.11 Å². The molecule has 0 saturated carbocycles. The van der Waals surface area contributed by atoms with Crippen molar-refractivity contribution in [1.82, 2.24) is 9.88 Å². The Morgan fingerprint density at radius 3 is 2.56 bits per heavy atom. The second-order valence-electron chi connectivity index (χ2n) is 6.05. The quantitative estimate of drug-likeness (QED) is 0.832. The smallest absolute Gasteiger partial charge is 0.325 e. The highest BCUT2D eigenvalue weighted by Gasteiger charge is 2.30. The Balaban J connectivity index is 2.46. The average molecular weight is 344 g/mol. The van der Waals surface area contributed by atoms with Crippen molar-refractivity contribution in [2.75, 3.05) is 21.3 Å². The van der Waals surface area contributed by atoms with Crippen LogP contribution in [0, 0.1) is 13.8 Å². The molecule has 0 amide bonds. The predicted molar refractivity (Wildman–Crippen MR) is 95.1 cm³/mol. The molecule has 0 radical (unpaired) electrons. The summed E-state index contributed by atoms with van der Waals surface area (Å²) in [6.45, 7) is 4.34. The van der Waals surface area contributed by atoms with E-state index in [2.05, 4.69) is 4.98 Å². The number of rotatable bonds is 7. The van der Waals surface area contributed by atoms with Gasteiger partial charge in [0.25, 0.3) is 0 Å². The Hall–Kier alpha value is -2.60. The van der Waals surface area contributed by atoms with E-state index in [0.29, 0.717) is 23.6 Å². The summed E-state index contributed by atoms with van der Waals surface area (Å²) in [5, 5.41) is 9.87. The van der Waals surface area contributed by atoms with Crippen molar-refractivity contribution in [1.29, 1.82) is 0 Å². The molecule has 1 N–H and O–H groups in total. The third-order valence-corrected chi connectivity index (χ3v) is 4.18. The Bertz CT molecular complexity index is 761. The normalized spacial score (nSPS) is 12.1. The van der Waals surface area contributed by atoms with Crippen molar-refractivity contribution in [3.8, 4) is 11.5 Å². The Morgan fingerprint density at radius 1 is 1.28 bits per heavy atom. The van der Waals surface area contributed by atoms with E-state index < -0.39 is 12.0 Å². The molecule has 0 unspecified atom stereocenters. The van der Waals surface area contributed by atoms with Gasteiger partial charge in [0.15, 0.2) is 11.5 Å². The maximum atomic E-state index is 12.0. The fourth-order valence-electron chi connectivity index (χ4n) is 2.94. The molecule has 134 valence electrons.